The smallest absolute Gasteiger partial charge is 0.223 e. The SMILES string of the molecule is CCOc1ccc(CCC(=O)N2CCC[C@@H]2[C@H]2CCCN2C)cc1. The highest BCUT2D eigenvalue weighted by Gasteiger charge is 2.37. The Morgan fingerprint density at radius 3 is 2.50 bits per heavy atom. The first-order chi connectivity index (χ1) is 11.7. The molecular formula is C20H30N2O2. The van der Waals surface area contributed by atoms with E-state index in [9.17, 15) is 4.79 Å². The number of likely N-dealkylation sites (tertiary alicyclic amines) is 2. The molecule has 0 radical (unpaired) electrons. The number of hydrogen-bond acceptors (Lipinski definition) is 3. The minimum Gasteiger partial charge on any atom is -0.494 e. The second-order valence-corrected chi connectivity index (χ2v) is 7.06. The van der Waals surface area contributed by atoms with E-state index in [1.807, 2.05) is 19.1 Å². The fourth-order valence-corrected chi connectivity index (χ4v) is 4.24. The van der Waals surface area contributed by atoms with Gasteiger partial charge in [0.05, 0.1) is 6.61 Å². The Balaban J connectivity index is 1.54. The van der Waals surface area contributed by atoms with Crippen molar-refractivity contribution in [2.24, 2.45) is 0 Å². The number of likely N-dealkylation sites (N-methyl/N-ethyl adjacent to an activating group) is 1. The van der Waals surface area contributed by atoms with Gasteiger partial charge in [-0.3, -0.25) is 4.79 Å². The standard InChI is InChI=1S/C20H30N2O2/c1-3-24-17-11-8-16(9-12-17)10-13-20(23)22-15-5-7-19(22)18-6-4-14-21(18)2/h8-9,11-12,18-19H,3-7,10,13-15H2,1-2H3/t18-,19-/m1/s1. The van der Waals surface area contributed by atoms with Gasteiger partial charge in [0.15, 0.2) is 0 Å². The maximum Gasteiger partial charge on any atom is 0.223 e. The summed E-state index contributed by atoms with van der Waals surface area (Å²) in [6, 6.07) is 9.15. The monoisotopic (exact) mass is 330 g/mol. The van der Waals surface area contributed by atoms with Crippen LogP contribution in [0.4, 0.5) is 0 Å². The van der Waals surface area contributed by atoms with Gasteiger partial charge in [0.1, 0.15) is 5.75 Å². The molecule has 1 amide bonds. The Kier molecular flexibility index (Phi) is 5.77. The van der Waals surface area contributed by atoms with Crippen LogP contribution in [0, 0.1) is 0 Å². The van der Waals surface area contributed by atoms with Crippen LogP contribution in [0.5, 0.6) is 5.75 Å². The van der Waals surface area contributed by atoms with E-state index in [1.165, 1.54) is 31.4 Å². The van der Waals surface area contributed by atoms with Crippen molar-refractivity contribution in [2.75, 3.05) is 26.7 Å². The van der Waals surface area contributed by atoms with E-state index < -0.39 is 0 Å². The van der Waals surface area contributed by atoms with E-state index in [2.05, 4.69) is 29.0 Å². The van der Waals surface area contributed by atoms with Crippen molar-refractivity contribution in [3.63, 3.8) is 0 Å². The Hall–Kier alpha value is -1.55. The van der Waals surface area contributed by atoms with Crippen molar-refractivity contribution in [1.29, 1.82) is 0 Å². The number of nitrogens with zero attached hydrogens (tertiary/aromatic N) is 2. The molecule has 2 fully saturated rings. The minimum atomic E-state index is 0.326. The van der Waals surface area contributed by atoms with Crippen LogP contribution in [0.15, 0.2) is 24.3 Å². The molecule has 4 heteroatoms. The maximum absolute atomic E-state index is 12.7. The molecule has 0 saturated carbocycles. The predicted octanol–water partition coefficient (Wildman–Crippen LogP) is 3.10. The number of benzene rings is 1. The lowest BCUT2D eigenvalue weighted by Crippen LogP contribution is -2.47. The van der Waals surface area contributed by atoms with Crippen LogP contribution in [-0.4, -0.2) is 54.5 Å². The van der Waals surface area contributed by atoms with Gasteiger partial charge in [0.25, 0.3) is 0 Å². The third-order valence-corrected chi connectivity index (χ3v) is 5.50. The summed E-state index contributed by atoms with van der Waals surface area (Å²) in [5.41, 5.74) is 1.21. The fourth-order valence-electron chi connectivity index (χ4n) is 4.24. The summed E-state index contributed by atoms with van der Waals surface area (Å²) in [7, 11) is 2.21. The van der Waals surface area contributed by atoms with E-state index in [4.69, 9.17) is 4.74 Å². The molecule has 24 heavy (non-hydrogen) atoms. The van der Waals surface area contributed by atoms with Gasteiger partial charge in [-0.05, 0) is 70.3 Å². The maximum atomic E-state index is 12.7. The number of carbonyl (C=O) groups is 1. The van der Waals surface area contributed by atoms with E-state index in [0.717, 1.165) is 25.1 Å². The lowest BCUT2D eigenvalue weighted by molar-refractivity contribution is -0.132. The van der Waals surface area contributed by atoms with Gasteiger partial charge in [0, 0.05) is 25.0 Å². The zero-order chi connectivity index (χ0) is 16.9. The summed E-state index contributed by atoms with van der Waals surface area (Å²) >= 11 is 0. The third kappa shape index (κ3) is 3.92. The first-order valence-corrected chi connectivity index (χ1v) is 9.40. The second kappa shape index (κ2) is 8.02. The molecule has 2 aliphatic heterocycles. The van der Waals surface area contributed by atoms with Gasteiger partial charge in [-0.2, -0.15) is 0 Å². The molecule has 1 aromatic rings. The molecule has 0 spiro atoms. The van der Waals surface area contributed by atoms with Crippen LogP contribution in [0.25, 0.3) is 0 Å². The van der Waals surface area contributed by atoms with Gasteiger partial charge in [-0.1, -0.05) is 12.1 Å². The van der Waals surface area contributed by atoms with Crippen molar-refractivity contribution in [2.45, 2.75) is 57.5 Å². The topological polar surface area (TPSA) is 32.8 Å². The van der Waals surface area contributed by atoms with Gasteiger partial charge >= 0.3 is 0 Å². The predicted molar refractivity (Wildman–Crippen MR) is 96.3 cm³/mol. The number of aryl methyl sites for hydroxylation is 1. The van der Waals surface area contributed by atoms with Crippen molar-refractivity contribution in [3.05, 3.63) is 29.8 Å². The van der Waals surface area contributed by atoms with Crippen LogP contribution in [0.3, 0.4) is 0 Å². The Morgan fingerprint density at radius 1 is 1.12 bits per heavy atom. The summed E-state index contributed by atoms with van der Waals surface area (Å²) in [5.74, 6) is 1.23. The van der Waals surface area contributed by atoms with Gasteiger partial charge in [-0.25, -0.2) is 0 Å². The van der Waals surface area contributed by atoms with Crippen LogP contribution in [0.2, 0.25) is 0 Å². The molecule has 0 N–H and O–H groups in total. The molecule has 0 unspecified atom stereocenters. The minimum absolute atomic E-state index is 0.326. The zero-order valence-electron chi connectivity index (χ0n) is 15.0. The highest BCUT2D eigenvalue weighted by molar-refractivity contribution is 5.77. The summed E-state index contributed by atoms with van der Waals surface area (Å²) < 4.78 is 5.47. The molecule has 2 heterocycles. The molecule has 3 rings (SSSR count). The average Bonchev–Trinajstić information content (AvgIpc) is 3.22. The molecule has 0 aromatic heterocycles. The van der Waals surface area contributed by atoms with Gasteiger partial charge in [-0.15, -0.1) is 0 Å². The Bertz CT molecular complexity index is 543. The third-order valence-electron chi connectivity index (χ3n) is 5.50. The first-order valence-electron chi connectivity index (χ1n) is 9.40. The lowest BCUT2D eigenvalue weighted by atomic mass is 10.0. The molecule has 0 bridgehead atoms. The molecule has 132 valence electrons. The molecule has 4 nitrogen and oxygen atoms in total. The van der Waals surface area contributed by atoms with E-state index in [0.29, 0.717) is 31.0 Å². The van der Waals surface area contributed by atoms with Gasteiger partial charge < -0.3 is 14.5 Å². The fraction of sp³-hybridized carbons (Fsp3) is 0.650. The number of hydrogen-bond donors (Lipinski definition) is 0. The van der Waals surface area contributed by atoms with E-state index in [1.54, 1.807) is 0 Å². The van der Waals surface area contributed by atoms with Crippen LogP contribution < -0.4 is 4.74 Å². The molecule has 2 atom stereocenters. The number of carbonyl (C=O) groups excluding carboxylic acids is 1. The molecule has 0 aliphatic carbocycles. The first kappa shape index (κ1) is 17.3. The van der Waals surface area contributed by atoms with Gasteiger partial charge in [0.2, 0.25) is 5.91 Å². The highest BCUT2D eigenvalue weighted by atomic mass is 16.5. The summed E-state index contributed by atoms with van der Waals surface area (Å²) in [5, 5.41) is 0. The largest absolute Gasteiger partial charge is 0.494 e. The van der Waals surface area contributed by atoms with Crippen LogP contribution in [-0.2, 0) is 11.2 Å². The molecule has 2 aliphatic rings. The van der Waals surface area contributed by atoms with Crippen LogP contribution in [0.1, 0.15) is 44.6 Å². The number of rotatable bonds is 6. The van der Waals surface area contributed by atoms with E-state index in [-0.39, 0.29) is 0 Å². The Morgan fingerprint density at radius 2 is 1.83 bits per heavy atom. The van der Waals surface area contributed by atoms with Crippen molar-refractivity contribution < 1.29 is 9.53 Å². The quantitative estimate of drug-likeness (QED) is 0.803. The normalized spacial score (nSPS) is 24.5. The van der Waals surface area contributed by atoms with Crippen LogP contribution >= 0.6 is 0 Å². The second-order valence-electron chi connectivity index (χ2n) is 7.06. The van der Waals surface area contributed by atoms with Crippen molar-refractivity contribution >= 4 is 5.91 Å². The van der Waals surface area contributed by atoms with E-state index >= 15 is 0 Å². The summed E-state index contributed by atoms with van der Waals surface area (Å²) in [6.07, 6.45) is 6.26. The van der Waals surface area contributed by atoms with Crippen molar-refractivity contribution in [1.82, 2.24) is 9.80 Å². The number of ether oxygens (including phenoxy) is 1. The summed E-state index contributed by atoms with van der Waals surface area (Å²) in [4.78, 5) is 17.4. The highest BCUT2D eigenvalue weighted by Crippen LogP contribution is 2.29. The molecule has 1 aromatic carbocycles. The average molecular weight is 330 g/mol. The zero-order valence-corrected chi connectivity index (χ0v) is 15.0. The Labute approximate surface area is 145 Å². The number of amides is 1. The molecule has 2 saturated heterocycles. The molecular weight excluding hydrogens is 300 g/mol. The summed E-state index contributed by atoms with van der Waals surface area (Å²) in [6.45, 7) is 4.79. The van der Waals surface area contributed by atoms with Crippen molar-refractivity contribution in [3.8, 4) is 5.75 Å². The lowest BCUT2D eigenvalue weighted by Gasteiger charge is -2.33.